The van der Waals surface area contributed by atoms with Gasteiger partial charge in [0.25, 0.3) is 0 Å². The van der Waals surface area contributed by atoms with Crippen LogP contribution >= 0.6 is 0 Å². The Morgan fingerprint density at radius 3 is 2.00 bits per heavy atom. The molecule has 2 rings (SSSR count). The van der Waals surface area contributed by atoms with Gasteiger partial charge in [-0.1, -0.05) is 12.2 Å². The fourth-order valence-corrected chi connectivity index (χ4v) is 2.30. The van der Waals surface area contributed by atoms with Crippen LogP contribution in [0.1, 0.15) is 25.7 Å². The molecule has 10 heavy (non-hydrogen) atoms. The van der Waals surface area contributed by atoms with Gasteiger partial charge in [-0.2, -0.15) is 0 Å². The highest BCUT2D eigenvalue weighted by molar-refractivity contribution is 4.98. The number of hydrogen-bond acceptors (Lipinski definition) is 1. The topological polar surface area (TPSA) is 20.2 Å². The van der Waals surface area contributed by atoms with Gasteiger partial charge in [-0.3, -0.25) is 0 Å². The number of allylic oxidation sites excluding steroid dienone is 2. The van der Waals surface area contributed by atoms with Gasteiger partial charge in [0.15, 0.2) is 0 Å². The molecule has 0 aromatic heterocycles. The highest BCUT2D eigenvalue weighted by Gasteiger charge is 2.32. The Bertz CT molecular complexity index is 135. The summed E-state index contributed by atoms with van der Waals surface area (Å²) in [6.07, 6.45) is 9.06. The third-order valence-corrected chi connectivity index (χ3v) is 2.86. The van der Waals surface area contributed by atoms with Crippen LogP contribution in [-0.2, 0) is 0 Å². The van der Waals surface area contributed by atoms with E-state index < -0.39 is 0 Å². The lowest BCUT2D eigenvalue weighted by molar-refractivity contribution is 0.175. The molecular formula is C9H14O. The van der Waals surface area contributed by atoms with E-state index in [0.29, 0.717) is 0 Å². The van der Waals surface area contributed by atoms with E-state index in [2.05, 4.69) is 12.2 Å². The van der Waals surface area contributed by atoms with Crippen LogP contribution in [0, 0.1) is 11.8 Å². The van der Waals surface area contributed by atoms with E-state index >= 15 is 0 Å². The van der Waals surface area contributed by atoms with Gasteiger partial charge >= 0.3 is 0 Å². The zero-order valence-corrected chi connectivity index (χ0v) is 6.16. The van der Waals surface area contributed by atoms with Crippen LogP contribution < -0.4 is 0 Å². The van der Waals surface area contributed by atoms with Crippen molar-refractivity contribution in [1.82, 2.24) is 0 Å². The van der Waals surface area contributed by atoms with Gasteiger partial charge in [0.2, 0.25) is 0 Å². The van der Waals surface area contributed by atoms with Gasteiger partial charge in [-0.15, -0.1) is 0 Å². The van der Waals surface area contributed by atoms with Crippen LogP contribution in [0.3, 0.4) is 0 Å². The Kier molecular flexibility index (Phi) is 1.53. The number of rotatable bonds is 0. The Balaban J connectivity index is 2.05. The molecule has 2 aliphatic carbocycles. The van der Waals surface area contributed by atoms with Crippen molar-refractivity contribution >= 4 is 0 Å². The first-order valence-corrected chi connectivity index (χ1v) is 4.19. The molecule has 0 aromatic rings. The summed E-state index contributed by atoms with van der Waals surface area (Å²) in [7, 11) is 0. The summed E-state index contributed by atoms with van der Waals surface area (Å²) >= 11 is 0. The van der Waals surface area contributed by atoms with E-state index in [1.807, 2.05) is 0 Å². The second-order valence-electron chi connectivity index (χ2n) is 3.59. The van der Waals surface area contributed by atoms with E-state index in [1.165, 1.54) is 12.8 Å². The summed E-state index contributed by atoms with van der Waals surface area (Å²) in [5.74, 6) is 1.61. The number of aliphatic hydroxyl groups is 1. The van der Waals surface area contributed by atoms with Crippen LogP contribution in [0.25, 0.3) is 0 Å². The van der Waals surface area contributed by atoms with Gasteiger partial charge in [0, 0.05) is 0 Å². The maximum Gasteiger partial charge on any atom is 0.0546 e. The lowest BCUT2D eigenvalue weighted by Crippen LogP contribution is -2.08. The Hall–Kier alpha value is -0.300. The molecule has 2 unspecified atom stereocenters. The molecule has 1 nitrogen and oxygen atoms in total. The van der Waals surface area contributed by atoms with E-state index in [9.17, 15) is 5.11 Å². The molecule has 2 aliphatic rings. The normalized spacial score (nSPS) is 45.5. The first kappa shape index (κ1) is 6.41. The van der Waals surface area contributed by atoms with Gasteiger partial charge in [0.05, 0.1) is 6.10 Å². The Labute approximate surface area is 61.8 Å². The fourth-order valence-electron chi connectivity index (χ4n) is 2.30. The lowest BCUT2D eigenvalue weighted by atomic mass is 9.86. The zero-order valence-electron chi connectivity index (χ0n) is 6.16. The molecule has 0 bridgehead atoms. The number of aliphatic hydroxyl groups excluding tert-OH is 1. The molecule has 1 heteroatoms. The van der Waals surface area contributed by atoms with Crippen molar-refractivity contribution in [3.8, 4) is 0 Å². The molecule has 56 valence electrons. The number of fused-ring (bicyclic) bond motifs is 1. The fraction of sp³-hybridized carbons (Fsp3) is 0.778. The van der Waals surface area contributed by atoms with Crippen molar-refractivity contribution in [2.24, 2.45) is 11.8 Å². The van der Waals surface area contributed by atoms with Gasteiger partial charge in [-0.05, 0) is 37.5 Å². The second kappa shape index (κ2) is 2.39. The molecule has 0 spiro atoms. The molecule has 0 amide bonds. The van der Waals surface area contributed by atoms with Gasteiger partial charge < -0.3 is 5.11 Å². The summed E-state index contributed by atoms with van der Waals surface area (Å²) < 4.78 is 0. The molecule has 1 saturated carbocycles. The molecule has 1 N–H and O–H groups in total. The van der Waals surface area contributed by atoms with Crippen molar-refractivity contribution in [2.75, 3.05) is 0 Å². The predicted molar refractivity (Wildman–Crippen MR) is 40.6 cm³/mol. The van der Waals surface area contributed by atoms with Crippen molar-refractivity contribution in [3.05, 3.63) is 12.2 Å². The summed E-state index contributed by atoms with van der Waals surface area (Å²) in [6, 6.07) is 0. The Morgan fingerprint density at radius 2 is 1.50 bits per heavy atom. The molecule has 1 fully saturated rings. The highest BCUT2D eigenvalue weighted by atomic mass is 16.3. The maximum atomic E-state index is 9.33. The van der Waals surface area contributed by atoms with Gasteiger partial charge in [0.1, 0.15) is 0 Å². The molecule has 0 saturated heterocycles. The quantitative estimate of drug-likeness (QED) is 0.505. The van der Waals surface area contributed by atoms with E-state index in [0.717, 1.165) is 24.7 Å². The largest absolute Gasteiger partial charge is 0.393 e. The molecule has 0 radical (unpaired) electrons. The summed E-state index contributed by atoms with van der Waals surface area (Å²) in [6.45, 7) is 0. The van der Waals surface area contributed by atoms with Crippen molar-refractivity contribution in [3.63, 3.8) is 0 Å². The lowest BCUT2D eigenvalue weighted by Gasteiger charge is -2.19. The Morgan fingerprint density at radius 1 is 1.00 bits per heavy atom. The molecule has 2 atom stereocenters. The minimum atomic E-state index is 0.00917. The van der Waals surface area contributed by atoms with Gasteiger partial charge in [-0.25, -0.2) is 0 Å². The second-order valence-corrected chi connectivity index (χ2v) is 3.59. The number of hydrogen-bond donors (Lipinski definition) is 1. The summed E-state index contributed by atoms with van der Waals surface area (Å²) in [5, 5.41) is 9.33. The molecular weight excluding hydrogens is 124 g/mol. The standard InChI is InChI=1S/C9H14O/c10-9-5-7-3-1-2-4-8(7)6-9/h1-2,7-10H,3-6H2. The minimum absolute atomic E-state index is 0.00917. The van der Waals surface area contributed by atoms with Crippen molar-refractivity contribution in [1.29, 1.82) is 0 Å². The average Bonchev–Trinajstić information content (AvgIpc) is 2.27. The van der Waals surface area contributed by atoms with Crippen LogP contribution in [0.2, 0.25) is 0 Å². The SMILES string of the molecule is OC1CC2CC=CCC2C1. The van der Waals surface area contributed by atoms with E-state index in [-0.39, 0.29) is 6.10 Å². The van der Waals surface area contributed by atoms with Crippen LogP contribution in [0.15, 0.2) is 12.2 Å². The van der Waals surface area contributed by atoms with Crippen LogP contribution in [0.5, 0.6) is 0 Å². The first-order chi connectivity index (χ1) is 4.86. The minimum Gasteiger partial charge on any atom is -0.393 e. The van der Waals surface area contributed by atoms with Crippen LogP contribution in [0.4, 0.5) is 0 Å². The average molecular weight is 138 g/mol. The third-order valence-electron chi connectivity index (χ3n) is 2.86. The third kappa shape index (κ3) is 0.988. The summed E-state index contributed by atoms with van der Waals surface area (Å²) in [4.78, 5) is 0. The monoisotopic (exact) mass is 138 g/mol. The zero-order chi connectivity index (χ0) is 6.97. The highest BCUT2D eigenvalue weighted by Crippen LogP contribution is 2.39. The molecule has 0 aromatic carbocycles. The van der Waals surface area contributed by atoms with E-state index in [1.54, 1.807) is 0 Å². The maximum absolute atomic E-state index is 9.33. The smallest absolute Gasteiger partial charge is 0.0546 e. The first-order valence-electron chi connectivity index (χ1n) is 4.19. The van der Waals surface area contributed by atoms with Crippen molar-refractivity contribution < 1.29 is 5.11 Å². The summed E-state index contributed by atoms with van der Waals surface area (Å²) in [5.41, 5.74) is 0. The molecule has 0 aliphatic heterocycles. The predicted octanol–water partition coefficient (Wildman–Crippen LogP) is 1.72. The van der Waals surface area contributed by atoms with Crippen molar-refractivity contribution in [2.45, 2.75) is 31.8 Å². The van der Waals surface area contributed by atoms with Crippen LogP contribution in [-0.4, -0.2) is 11.2 Å². The van der Waals surface area contributed by atoms with E-state index in [4.69, 9.17) is 0 Å². The molecule has 0 heterocycles.